The lowest BCUT2D eigenvalue weighted by Gasteiger charge is -2.10. The van der Waals surface area contributed by atoms with E-state index >= 15 is 0 Å². The van der Waals surface area contributed by atoms with Crippen molar-refractivity contribution in [3.63, 3.8) is 0 Å². The molecule has 7 heteroatoms. The molecule has 0 radical (unpaired) electrons. The van der Waals surface area contributed by atoms with E-state index in [0.29, 0.717) is 0 Å². The topological polar surface area (TPSA) is 35.2 Å². The van der Waals surface area contributed by atoms with E-state index in [-0.39, 0.29) is 23.8 Å². The van der Waals surface area contributed by atoms with E-state index < -0.39 is 18.6 Å². The van der Waals surface area contributed by atoms with Crippen molar-refractivity contribution in [1.29, 1.82) is 0 Å². The number of halogens is 5. The van der Waals surface area contributed by atoms with Crippen molar-refractivity contribution in [2.75, 3.05) is 12.3 Å². The molecule has 0 bridgehead atoms. The van der Waals surface area contributed by atoms with Crippen LogP contribution >= 0.6 is 12.4 Å². The molecule has 1 aromatic carbocycles. The Kier molecular flexibility index (Phi) is 4.67. The van der Waals surface area contributed by atoms with E-state index in [1.165, 1.54) is 0 Å². The summed E-state index contributed by atoms with van der Waals surface area (Å²) in [6.07, 6.45) is -4.43. The Hall–Kier alpha value is -1.17. The molecule has 0 amide bonds. The van der Waals surface area contributed by atoms with Crippen molar-refractivity contribution in [3.8, 4) is 5.75 Å². The Labute approximate surface area is 89.4 Å². The fourth-order valence-corrected chi connectivity index (χ4v) is 0.810. The molecular formula is C8H8ClF4NO. The maximum atomic E-state index is 12.5. The van der Waals surface area contributed by atoms with E-state index in [1.807, 2.05) is 0 Å². The zero-order valence-electron chi connectivity index (χ0n) is 7.34. The second kappa shape index (κ2) is 5.06. The van der Waals surface area contributed by atoms with E-state index in [0.717, 1.165) is 18.2 Å². The van der Waals surface area contributed by atoms with Crippen LogP contribution < -0.4 is 10.5 Å². The average molecular weight is 246 g/mol. The van der Waals surface area contributed by atoms with Gasteiger partial charge in [0.2, 0.25) is 0 Å². The molecule has 0 unspecified atom stereocenters. The monoisotopic (exact) mass is 245 g/mol. The van der Waals surface area contributed by atoms with Gasteiger partial charge in [0.25, 0.3) is 0 Å². The van der Waals surface area contributed by atoms with E-state index in [2.05, 4.69) is 4.74 Å². The molecule has 1 rings (SSSR count). The van der Waals surface area contributed by atoms with Gasteiger partial charge in [0.05, 0.1) is 5.69 Å². The summed E-state index contributed by atoms with van der Waals surface area (Å²) < 4.78 is 51.9. The Morgan fingerprint density at radius 2 is 1.87 bits per heavy atom. The van der Waals surface area contributed by atoms with Gasteiger partial charge in [0.1, 0.15) is 11.6 Å². The minimum atomic E-state index is -4.43. The van der Waals surface area contributed by atoms with Gasteiger partial charge in [-0.1, -0.05) is 0 Å². The molecule has 0 aliphatic rings. The van der Waals surface area contributed by atoms with Gasteiger partial charge in [-0.15, -0.1) is 12.4 Å². The highest BCUT2D eigenvalue weighted by atomic mass is 35.5. The van der Waals surface area contributed by atoms with Crippen LogP contribution in [0, 0.1) is 5.82 Å². The summed E-state index contributed by atoms with van der Waals surface area (Å²) in [6, 6.07) is 2.92. The molecule has 0 saturated heterocycles. The third-order valence-corrected chi connectivity index (χ3v) is 1.36. The van der Waals surface area contributed by atoms with Gasteiger partial charge < -0.3 is 10.5 Å². The van der Waals surface area contributed by atoms with E-state index in [1.54, 1.807) is 0 Å². The summed E-state index contributed by atoms with van der Waals surface area (Å²) >= 11 is 0. The van der Waals surface area contributed by atoms with Crippen molar-refractivity contribution in [1.82, 2.24) is 0 Å². The van der Waals surface area contributed by atoms with Crippen molar-refractivity contribution in [2.45, 2.75) is 6.18 Å². The van der Waals surface area contributed by atoms with Crippen LogP contribution in [0.1, 0.15) is 0 Å². The van der Waals surface area contributed by atoms with Crippen LogP contribution in [0.3, 0.4) is 0 Å². The zero-order valence-corrected chi connectivity index (χ0v) is 8.16. The van der Waals surface area contributed by atoms with Crippen molar-refractivity contribution < 1.29 is 22.3 Å². The number of hydrogen-bond donors (Lipinski definition) is 1. The molecule has 0 aliphatic heterocycles. The largest absolute Gasteiger partial charge is 0.482 e. The molecule has 0 spiro atoms. The van der Waals surface area contributed by atoms with Gasteiger partial charge in [-0.25, -0.2) is 4.39 Å². The maximum Gasteiger partial charge on any atom is 0.422 e. The Balaban J connectivity index is 0.00000196. The third-order valence-electron chi connectivity index (χ3n) is 1.36. The molecule has 1 aromatic rings. The number of nitrogen functional groups attached to an aromatic ring is 1. The molecule has 15 heavy (non-hydrogen) atoms. The Morgan fingerprint density at radius 1 is 1.27 bits per heavy atom. The van der Waals surface area contributed by atoms with Crippen LogP contribution in [0.4, 0.5) is 23.2 Å². The number of ether oxygens (including phenoxy) is 1. The van der Waals surface area contributed by atoms with Gasteiger partial charge >= 0.3 is 6.18 Å². The summed E-state index contributed by atoms with van der Waals surface area (Å²) in [5.41, 5.74) is 5.06. The van der Waals surface area contributed by atoms with Gasteiger partial charge in [-0.2, -0.15) is 13.2 Å². The Bertz CT molecular complexity index is 329. The zero-order chi connectivity index (χ0) is 10.8. The lowest BCUT2D eigenvalue weighted by molar-refractivity contribution is -0.153. The number of rotatable bonds is 2. The van der Waals surface area contributed by atoms with Gasteiger partial charge in [-0.05, 0) is 12.1 Å². The van der Waals surface area contributed by atoms with Crippen LogP contribution in [-0.4, -0.2) is 12.8 Å². The molecule has 0 aliphatic carbocycles. The fraction of sp³-hybridized carbons (Fsp3) is 0.250. The molecule has 0 fully saturated rings. The first-order chi connectivity index (χ1) is 6.38. The van der Waals surface area contributed by atoms with Gasteiger partial charge in [0.15, 0.2) is 6.61 Å². The smallest absolute Gasteiger partial charge is 0.422 e. The predicted octanol–water partition coefficient (Wildman–Crippen LogP) is 2.77. The number of benzene rings is 1. The first kappa shape index (κ1) is 13.8. The summed E-state index contributed by atoms with van der Waals surface area (Å²) in [6.45, 7) is -1.44. The predicted molar refractivity (Wildman–Crippen MR) is 49.6 cm³/mol. The number of anilines is 1. The van der Waals surface area contributed by atoms with E-state index in [4.69, 9.17) is 5.73 Å². The summed E-state index contributed by atoms with van der Waals surface area (Å²) in [7, 11) is 0. The highest BCUT2D eigenvalue weighted by Gasteiger charge is 2.28. The van der Waals surface area contributed by atoms with Crippen LogP contribution in [-0.2, 0) is 0 Å². The molecule has 0 heterocycles. The number of hydrogen-bond acceptors (Lipinski definition) is 2. The first-order valence-corrected chi connectivity index (χ1v) is 3.63. The fourth-order valence-electron chi connectivity index (χ4n) is 0.810. The highest BCUT2D eigenvalue weighted by Crippen LogP contribution is 2.24. The summed E-state index contributed by atoms with van der Waals surface area (Å²) in [5, 5.41) is 0. The second-order valence-electron chi connectivity index (χ2n) is 2.59. The summed E-state index contributed by atoms with van der Waals surface area (Å²) in [5.74, 6) is -0.800. The molecule has 0 saturated carbocycles. The van der Waals surface area contributed by atoms with Crippen molar-refractivity contribution >= 4 is 18.1 Å². The standard InChI is InChI=1S/C8H7F4NO.ClH/c9-5-1-2-7(6(13)3-5)14-4-8(10,11)12;/h1-3H,4,13H2;1H. The van der Waals surface area contributed by atoms with Crippen LogP contribution in [0.25, 0.3) is 0 Å². The molecule has 2 nitrogen and oxygen atoms in total. The minimum absolute atomic E-state index is 0. The van der Waals surface area contributed by atoms with Crippen LogP contribution in [0.2, 0.25) is 0 Å². The molecule has 0 aromatic heterocycles. The van der Waals surface area contributed by atoms with E-state index in [9.17, 15) is 17.6 Å². The lowest BCUT2D eigenvalue weighted by Crippen LogP contribution is -2.19. The minimum Gasteiger partial charge on any atom is -0.482 e. The van der Waals surface area contributed by atoms with Crippen LogP contribution in [0.15, 0.2) is 18.2 Å². The van der Waals surface area contributed by atoms with Gasteiger partial charge in [0, 0.05) is 6.07 Å². The number of nitrogens with two attached hydrogens (primary N) is 1. The van der Waals surface area contributed by atoms with Crippen LogP contribution in [0.5, 0.6) is 5.75 Å². The third kappa shape index (κ3) is 4.73. The van der Waals surface area contributed by atoms with Crippen molar-refractivity contribution in [2.24, 2.45) is 0 Å². The van der Waals surface area contributed by atoms with Crippen molar-refractivity contribution in [3.05, 3.63) is 24.0 Å². The maximum absolute atomic E-state index is 12.5. The molecular weight excluding hydrogens is 238 g/mol. The second-order valence-corrected chi connectivity index (χ2v) is 2.59. The summed E-state index contributed by atoms with van der Waals surface area (Å²) in [4.78, 5) is 0. The molecule has 2 N–H and O–H groups in total. The quantitative estimate of drug-likeness (QED) is 0.642. The Morgan fingerprint density at radius 3 is 2.33 bits per heavy atom. The highest BCUT2D eigenvalue weighted by molar-refractivity contribution is 5.85. The van der Waals surface area contributed by atoms with Gasteiger partial charge in [-0.3, -0.25) is 0 Å². The SMILES string of the molecule is Cl.Nc1cc(F)ccc1OCC(F)(F)F. The molecule has 86 valence electrons. The first-order valence-electron chi connectivity index (χ1n) is 3.63. The normalized spacial score (nSPS) is 10.7. The average Bonchev–Trinajstić information content (AvgIpc) is 2.00. The number of alkyl halides is 3. The lowest BCUT2D eigenvalue weighted by atomic mass is 10.3. The molecule has 0 atom stereocenters.